The van der Waals surface area contributed by atoms with Gasteiger partial charge in [0.25, 0.3) is 0 Å². The Morgan fingerprint density at radius 2 is 2.07 bits per heavy atom. The Hall–Kier alpha value is -1.45. The summed E-state index contributed by atoms with van der Waals surface area (Å²) in [6.07, 6.45) is 1.68. The molecule has 1 aromatic heterocycles. The summed E-state index contributed by atoms with van der Waals surface area (Å²) in [5.74, 6) is -0.350. The van der Waals surface area contributed by atoms with Crippen LogP contribution < -0.4 is 5.73 Å². The second kappa shape index (κ2) is 3.36. The number of nitrogens with zero attached hydrogens (tertiary/aromatic N) is 1. The number of hydrogen-bond donors (Lipinski definition) is 1. The lowest BCUT2D eigenvalue weighted by molar-refractivity contribution is 0.00591. The molecule has 2 N–H and O–H groups in total. The highest BCUT2D eigenvalue weighted by atomic mass is 16.6. The fourth-order valence-electron chi connectivity index (χ4n) is 1.12. The second-order valence-electron chi connectivity index (χ2n) is 4.27. The minimum Gasteiger partial charge on any atom is -0.455 e. The van der Waals surface area contributed by atoms with Gasteiger partial charge in [-0.2, -0.15) is 0 Å². The number of carbonyl (C=O) groups excluding carboxylic acids is 1. The fourth-order valence-corrected chi connectivity index (χ4v) is 1.12. The zero-order chi connectivity index (χ0) is 10.9. The molecule has 14 heavy (non-hydrogen) atoms. The first-order valence-corrected chi connectivity index (χ1v) is 4.45. The quantitative estimate of drug-likeness (QED) is 0.693. The maximum Gasteiger partial charge on any atom is 0.355 e. The molecular formula is C10H16N2O2. The van der Waals surface area contributed by atoms with Crippen molar-refractivity contribution in [3.8, 4) is 0 Å². The van der Waals surface area contributed by atoms with Crippen molar-refractivity contribution in [2.75, 3.05) is 5.73 Å². The van der Waals surface area contributed by atoms with Crippen LogP contribution in [0.5, 0.6) is 0 Å². The summed E-state index contributed by atoms with van der Waals surface area (Å²) in [6.45, 7) is 5.49. The molecule has 0 bridgehead atoms. The molecule has 4 heteroatoms. The summed E-state index contributed by atoms with van der Waals surface area (Å²) in [4.78, 5) is 11.6. The van der Waals surface area contributed by atoms with Crippen LogP contribution in [0.15, 0.2) is 12.3 Å². The minimum absolute atomic E-state index is 0.350. The normalized spacial score (nSPS) is 11.4. The Kier molecular flexibility index (Phi) is 2.55. The van der Waals surface area contributed by atoms with Crippen LogP contribution in [-0.4, -0.2) is 16.1 Å². The van der Waals surface area contributed by atoms with Crippen LogP contribution >= 0.6 is 0 Å². The van der Waals surface area contributed by atoms with Crippen LogP contribution in [0.4, 0.5) is 5.69 Å². The van der Waals surface area contributed by atoms with Gasteiger partial charge in [0.05, 0.1) is 5.69 Å². The highest BCUT2D eigenvalue weighted by Crippen LogP contribution is 2.14. The largest absolute Gasteiger partial charge is 0.455 e. The molecule has 1 aromatic rings. The molecule has 0 radical (unpaired) electrons. The zero-order valence-electron chi connectivity index (χ0n) is 9.00. The van der Waals surface area contributed by atoms with E-state index in [-0.39, 0.29) is 5.97 Å². The molecule has 0 aliphatic rings. The van der Waals surface area contributed by atoms with Crippen LogP contribution in [0.25, 0.3) is 0 Å². The molecule has 0 fully saturated rings. The van der Waals surface area contributed by atoms with Gasteiger partial charge in [-0.15, -0.1) is 0 Å². The number of ether oxygens (including phenoxy) is 1. The van der Waals surface area contributed by atoms with Crippen LogP contribution in [0.3, 0.4) is 0 Å². The van der Waals surface area contributed by atoms with E-state index >= 15 is 0 Å². The number of nitrogen functional groups attached to an aromatic ring is 1. The zero-order valence-corrected chi connectivity index (χ0v) is 9.00. The molecule has 0 aromatic carbocycles. The summed E-state index contributed by atoms with van der Waals surface area (Å²) >= 11 is 0. The van der Waals surface area contributed by atoms with Gasteiger partial charge in [0.2, 0.25) is 0 Å². The molecule has 0 spiro atoms. The van der Waals surface area contributed by atoms with E-state index in [4.69, 9.17) is 10.5 Å². The SMILES string of the molecule is Cn1cc(N)cc1C(=O)OC(C)(C)C. The number of anilines is 1. The molecule has 1 rings (SSSR count). The van der Waals surface area contributed by atoms with Crippen LogP contribution in [0.2, 0.25) is 0 Å². The lowest BCUT2D eigenvalue weighted by Crippen LogP contribution is -2.25. The number of esters is 1. The summed E-state index contributed by atoms with van der Waals surface area (Å²) in [5, 5.41) is 0. The van der Waals surface area contributed by atoms with E-state index < -0.39 is 5.60 Å². The Morgan fingerprint density at radius 1 is 1.50 bits per heavy atom. The number of aromatic nitrogens is 1. The number of rotatable bonds is 1. The maximum atomic E-state index is 11.6. The van der Waals surface area contributed by atoms with Crippen molar-refractivity contribution >= 4 is 11.7 Å². The van der Waals surface area contributed by atoms with Gasteiger partial charge in [-0.3, -0.25) is 0 Å². The molecule has 0 atom stereocenters. The van der Waals surface area contributed by atoms with Gasteiger partial charge in [0.1, 0.15) is 11.3 Å². The van der Waals surface area contributed by atoms with E-state index in [2.05, 4.69) is 0 Å². The van der Waals surface area contributed by atoms with Crippen molar-refractivity contribution in [2.45, 2.75) is 26.4 Å². The highest BCUT2D eigenvalue weighted by Gasteiger charge is 2.20. The highest BCUT2D eigenvalue weighted by molar-refractivity contribution is 5.89. The Balaban J connectivity index is 2.85. The molecule has 0 amide bonds. The van der Waals surface area contributed by atoms with E-state index in [1.54, 1.807) is 23.9 Å². The molecule has 4 nitrogen and oxygen atoms in total. The van der Waals surface area contributed by atoms with Crippen LogP contribution in [-0.2, 0) is 11.8 Å². The summed E-state index contributed by atoms with van der Waals surface area (Å²) < 4.78 is 6.86. The molecule has 0 saturated heterocycles. The van der Waals surface area contributed by atoms with E-state index in [1.807, 2.05) is 20.8 Å². The first-order valence-electron chi connectivity index (χ1n) is 4.45. The molecule has 0 saturated carbocycles. The molecule has 78 valence electrons. The van der Waals surface area contributed by atoms with Gasteiger partial charge in [-0.05, 0) is 26.8 Å². The number of hydrogen-bond acceptors (Lipinski definition) is 3. The third kappa shape index (κ3) is 2.52. The van der Waals surface area contributed by atoms with Gasteiger partial charge >= 0.3 is 5.97 Å². The minimum atomic E-state index is -0.476. The van der Waals surface area contributed by atoms with Gasteiger partial charge < -0.3 is 15.0 Å². The van der Waals surface area contributed by atoms with Crippen LogP contribution in [0.1, 0.15) is 31.3 Å². The first kappa shape index (κ1) is 10.6. The van der Waals surface area contributed by atoms with Gasteiger partial charge in [0, 0.05) is 13.2 Å². The summed E-state index contributed by atoms with van der Waals surface area (Å²) in [6, 6.07) is 1.61. The van der Waals surface area contributed by atoms with Crippen LogP contribution in [0, 0.1) is 0 Å². The second-order valence-corrected chi connectivity index (χ2v) is 4.27. The average Bonchev–Trinajstić information content (AvgIpc) is 2.26. The number of carbonyl (C=O) groups is 1. The lowest BCUT2D eigenvalue weighted by atomic mass is 10.2. The van der Waals surface area contributed by atoms with Crippen molar-refractivity contribution in [3.05, 3.63) is 18.0 Å². The molecule has 1 heterocycles. The van der Waals surface area contributed by atoms with Gasteiger partial charge in [-0.1, -0.05) is 0 Å². The average molecular weight is 196 g/mol. The topological polar surface area (TPSA) is 57.2 Å². The number of nitrogens with two attached hydrogens (primary N) is 1. The van der Waals surface area contributed by atoms with Gasteiger partial charge in [-0.25, -0.2) is 4.79 Å². The maximum absolute atomic E-state index is 11.6. The standard InChI is InChI=1S/C10H16N2O2/c1-10(2,3)14-9(13)8-5-7(11)6-12(8)4/h5-6H,11H2,1-4H3. The van der Waals surface area contributed by atoms with Crippen molar-refractivity contribution in [1.29, 1.82) is 0 Å². The molecular weight excluding hydrogens is 180 g/mol. The van der Waals surface area contributed by atoms with E-state index in [0.29, 0.717) is 11.4 Å². The van der Waals surface area contributed by atoms with Gasteiger partial charge in [0.15, 0.2) is 0 Å². The van der Waals surface area contributed by atoms with E-state index in [0.717, 1.165) is 0 Å². The van der Waals surface area contributed by atoms with Crippen molar-refractivity contribution in [2.24, 2.45) is 7.05 Å². The monoisotopic (exact) mass is 196 g/mol. The summed E-state index contributed by atoms with van der Waals surface area (Å²) in [7, 11) is 1.76. The van der Waals surface area contributed by atoms with Crippen molar-refractivity contribution in [3.63, 3.8) is 0 Å². The van der Waals surface area contributed by atoms with Crippen molar-refractivity contribution in [1.82, 2.24) is 4.57 Å². The Bertz CT molecular complexity index is 347. The third-order valence-corrected chi connectivity index (χ3v) is 1.63. The van der Waals surface area contributed by atoms with E-state index in [1.165, 1.54) is 0 Å². The Morgan fingerprint density at radius 3 is 2.43 bits per heavy atom. The first-order chi connectivity index (χ1) is 6.29. The third-order valence-electron chi connectivity index (χ3n) is 1.63. The predicted molar refractivity (Wildman–Crippen MR) is 55.0 cm³/mol. The van der Waals surface area contributed by atoms with Crippen molar-refractivity contribution < 1.29 is 9.53 Å². The Labute approximate surface area is 83.7 Å². The fraction of sp³-hybridized carbons (Fsp3) is 0.500. The lowest BCUT2D eigenvalue weighted by Gasteiger charge is -2.19. The molecule has 0 unspecified atom stereocenters. The predicted octanol–water partition coefficient (Wildman–Crippen LogP) is 1.56. The van der Waals surface area contributed by atoms with E-state index in [9.17, 15) is 4.79 Å². The molecule has 0 aliphatic heterocycles. The number of aryl methyl sites for hydroxylation is 1. The molecule has 0 aliphatic carbocycles. The smallest absolute Gasteiger partial charge is 0.355 e. The summed E-state index contributed by atoms with van der Waals surface area (Å²) in [5.41, 5.74) is 6.11.